The Labute approximate surface area is 278 Å². The molecule has 2 aromatic rings. The molecule has 0 bridgehead atoms. The molecule has 0 unspecified atom stereocenters. The average Bonchev–Trinajstić information content (AvgIpc) is 2.90. The van der Waals surface area contributed by atoms with Gasteiger partial charge >= 0.3 is 50.4 Å². The smallest absolute Gasteiger partial charge is 0.726 e. The van der Waals surface area contributed by atoms with E-state index in [0.717, 1.165) is 27.8 Å². The third-order valence-corrected chi connectivity index (χ3v) is 4.54. The van der Waals surface area contributed by atoms with Crippen LogP contribution in [0, 0.1) is 6.92 Å². The number of aliphatic hydroxyl groups is 2. The summed E-state index contributed by atoms with van der Waals surface area (Å²) in [5, 5.41) is 16.2. The van der Waals surface area contributed by atoms with E-state index < -0.39 is 31.2 Å². The van der Waals surface area contributed by atoms with Gasteiger partial charge in [-0.1, -0.05) is 73.2 Å². The minimum absolute atomic E-state index is 0. The van der Waals surface area contributed by atoms with Gasteiger partial charge in [0.25, 0.3) is 0 Å². The monoisotopic (exact) mass is 696 g/mol. The van der Waals surface area contributed by atoms with Crippen molar-refractivity contribution in [2.24, 2.45) is 0 Å². The molecule has 0 fully saturated rings. The zero-order chi connectivity index (χ0) is 32.1. The first-order valence-electron chi connectivity index (χ1n) is 10.8. The summed E-state index contributed by atoms with van der Waals surface area (Å²) in [5.41, 5.74) is 2.73. The van der Waals surface area contributed by atoms with Crippen molar-refractivity contribution in [2.75, 3.05) is 47.8 Å². The fourth-order valence-electron chi connectivity index (χ4n) is 1.48. The summed E-state index contributed by atoms with van der Waals surface area (Å²) in [6.45, 7) is 4.94. The predicted octanol–water partition coefficient (Wildman–Crippen LogP) is -1.69. The van der Waals surface area contributed by atoms with Gasteiger partial charge in [0, 0.05) is 0 Å². The molecule has 0 aliphatic carbocycles. The minimum atomic E-state index is -4.41. The molecule has 0 radical (unpaired) electrons. The van der Waals surface area contributed by atoms with Crippen LogP contribution in [0.1, 0.15) is 18.1 Å². The molecule has 244 valence electrons. The molecule has 0 saturated heterocycles. The zero-order valence-electron chi connectivity index (χ0n) is 24.3. The Hall–Kier alpha value is -0.720. The summed E-state index contributed by atoms with van der Waals surface area (Å²) >= 11 is 0. The summed E-state index contributed by atoms with van der Waals surface area (Å²) < 4.78 is 95.1. The van der Waals surface area contributed by atoms with Gasteiger partial charge in [-0.15, -0.1) is 0 Å². The number of hydrogen-bond donors (Lipinski definition) is 4. The summed E-state index contributed by atoms with van der Waals surface area (Å²) in [6, 6.07) is 20.7. The summed E-state index contributed by atoms with van der Waals surface area (Å²) in [7, 11) is -10.2. The molecule has 0 aliphatic rings. The van der Waals surface area contributed by atoms with Crippen LogP contribution in [-0.2, 0) is 54.9 Å². The third kappa shape index (κ3) is 62.8. The van der Waals surface area contributed by atoms with Crippen molar-refractivity contribution in [3.63, 3.8) is 0 Å². The Morgan fingerprint density at radius 3 is 1.12 bits per heavy atom. The van der Waals surface area contributed by atoms with E-state index in [2.05, 4.69) is 67.5 Å². The van der Waals surface area contributed by atoms with Crippen molar-refractivity contribution in [1.29, 1.82) is 0 Å². The first kappa shape index (κ1) is 53.8. The summed E-state index contributed by atoms with van der Waals surface area (Å²) in [5.74, 6) is 0. The van der Waals surface area contributed by atoms with Gasteiger partial charge in [0.2, 0.25) is 10.4 Å². The van der Waals surface area contributed by atoms with Gasteiger partial charge in [0.15, 0.2) is 0 Å². The van der Waals surface area contributed by atoms with Crippen LogP contribution in [0.25, 0.3) is 0 Å². The molecule has 0 aromatic heterocycles. The Balaban J connectivity index is -0.0000000921. The summed E-state index contributed by atoms with van der Waals surface area (Å²) in [4.78, 5) is 0. The van der Waals surface area contributed by atoms with E-state index in [1.54, 1.807) is 0 Å². The molecule has 0 amide bonds. The van der Waals surface area contributed by atoms with Gasteiger partial charge in [-0.2, -0.15) is 30.3 Å². The van der Waals surface area contributed by atoms with E-state index in [1.165, 1.54) is 11.1 Å². The minimum Gasteiger partial charge on any atom is -0.726 e. The van der Waals surface area contributed by atoms with E-state index in [9.17, 15) is 29.8 Å². The van der Waals surface area contributed by atoms with Crippen molar-refractivity contribution in [3.05, 3.63) is 71.8 Å². The molecule has 0 aliphatic heterocycles. The van der Waals surface area contributed by atoms with Crippen LogP contribution in [0.4, 0.5) is 0 Å². The fourth-order valence-corrected chi connectivity index (χ4v) is 1.48. The van der Waals surface area contributed by atoms with Crippen LogP contribution in [0.15, 0.2) is 60.7 Å². The molecule has 0 heterocycles. The van der Waals surface area contributed by atoms with E-state index in [-0.39, 0.29) is 56.3 Å². The van der Waals surface area contributed by atoms with E-state index in [1.807, 2.05) is 24.3 Å². The molecule has 2 rings (SSSR count). The topological polar surface area (TPSA) is 243 Å². The van der Waals surface area contributed by atoms with Crippen LogP contribution >= 0.6 is 13.5 Å². The number of benzene rings is 2. The van der Waals surface area contributed by atoms with E-state index in [0.29, 0.717) is 13.2 Å². The van der Waals surface area contributed by atoms with Gasteiger partial charge < -0.3 is 19.5 Å². The third-order valence-electron chi connectivity index (χ3n) is 3.29. The van der Waals surface area contributed by atoms with Crippen LogP contribution in [-0.4, -0.2) is 96.9 Å². The molecule has 15 nitrogen and oxygen atoms in total. The number of rotatable bonds is 8. The Morgan fingerprint density at radius 1 is 0.690 bits per heavy atom. The second-order valence-corrected chi connectivity index (χ2v) is 9.84. The van der Waals surface area contributed by atoms with Crippen molar-refractivity contribution >= 4 is 44.7 Å². The maximum atomic E-state index is 9.33. The SMILES string of the molecule is CCc1ccccc1.COS(=O)(=O)O.COS(=O)(=O)O.COS(=O)(=O)[O-].Cc1ccccc1.OCCOCCO.S.[Na+]. The number of aliphatic hydroxyl groups excluding tert-OH is 2. The first-order valence-corrected chi connectivity index (χ1v) is 14.9. The van der Waals surface area contributed by atoms with E-state index >= 15 is 0 Å². The number of aryl methyl sites for hydroxylation is 2. The van der Waals surface area contributed by atoms with Crippen molar-refractivity contribution < 1.29 is 96.0 Å². The molecule has 42 heavy (non-hydrogen) atoms. The quantitative estimate of drug-likeness (QED) is 0.104. The maximum absolute atomic E-state index is 9.33. The van der Waals surface area contributed by atoms with Gasteiger partial charge in [-0.25, -0.2) is 8.42 Å². The van der Waals surface area contributed by atoms with Gasteiger partial charge in [-0.05, 0) is 18.9 Å². The molecule has 4 N–H and O–H groups in total. The van der Waals surface area contributed by atoms with Crippen LogP contribution < -0.4 is 29.6 Å². The molecule has 2 aromatic carbocycles. The van der Waals surface area contributed by atoms with Crippen LogP contribution in [0.5, 0.6) is 0 Å². The zero-order valence-corrected chi connectivity index (χ0v) is 29.8. The standard InChI is InChI=1S/C8H10.C7H8.C4H10O3.3CH4O4S.Na.H2S/c1-2-8-6-4-3-5-7-8;1-7-5-3-2-4-6-7;5-1-3-7-4-2-6;3*1-5-6(2,3)4;;/h3-7H,2H2,1H3;2-6H,1H3;5-6H,1-4H2;3*1H3,(H,2,3,4);;1H2/q;;;;;;+1;/p-1. The van der Waals surface area contributed by atoms with Gasteiger partial charge in [0.1, 0.15) is 0 Å². The van der Waals surface area contributed by atoms with Crippen LogP contribution in [0.3, 0.4) is 0 Å². The van der Waals surface area contributed by atoms with E-state index in [4.69, 9.17) is 19.3 Å². The Bertz CT molecular complexity index is 1040. The van der Waals surface area contributed by atoms with Crippen molar-refractivity contribution in [1.82, 2.24) is 0 Å². The molecule has 0 saturated carbocycles. The second kappa shape index (κ2) is 34.8. The largest absolute Gasteiger partial charge is 1.00 e. The van der Waals surface area contributed by atoms with Crippen molar-refractivity contribution in [2.45, 2.75) is 20.3 Å². The van der Waals surface area contributed by atoms with Crippen molar-refractivity contribution in [3.8, 4) is 0 Å². The predicted molar refractivity (Wildman–Crippen MR) is 156 cm³/mol. The maximum Gasteiger partial charge on any atom is 1.00 e. The summed E-state index contributed by atoms with van der Waals surface area (Å²) in [6.07, 6.45) is 1.14. The number of hydrogen-bond acceptors (Lipinski definition) is 13. The normalized spacial score (nSPS) is 9.76. The molecule has 20 heteroatoms. The molecular weight excluding hydrogens is 655 g/mol. The molecular formula is C22H41NaO15S4. The van der Waals surface area contributed by atoms with Crippen LogP contribution in [0.2, 0.25) is 0 Å². The molecule has 0 atom stereocenters. The first-order chi connectivity index (χ1) is 18.4. The average molecular weight is 697 g/mol. The van der Waals surface area contributed by atoms with Gasteiger partial charge in [0.05, 0.1) is 47.8 Å². The molecule has 0 spiro atoms. The Kier molecular flexibility index (Phi) is 44.5. The second-order valence-electron chi connectivity index (χ2n) is 6.32. The Morgan fingerprint density at radius 2 is 0.976 bits per heavy atom. The van der Waals surface area contributed by atoms with Gasteiger partial charge in [-0.3, -0.25) is 21.7 Å². The number of ether oxygens (including phenoxy) is 1. The fraction of sp³-hybridized carbons (Fsp3) is 0.455.